The van der Waals surface area contributed by atoms with Gasteiger partial charge in [0, 0.05) is 23.7 Å². The molecule has 0 bridgehead atoms. The molecule has 6 heteroatoms. The van der Waals surface area contributed by atoms with E-state index < -0.39 is 11.6 Å². The van der Waals surface area contributed by atoms with Gasteiger partial charge in [-0.05, 0) is 0 Å². The second kappa shape index (κ2) is 3.82. The Labute approximate surface area is 88.1 Å². The number of rotatable bonds is 2. The summed E-state index contributed by atoms with van der Waals surface area (Å²) in [4.78, 5) is 3.78. The molecule has 2 aromatic rings. The van der Waals surface area contributed by atoms with Crippen LogP contribution in [0.1, 0.15) is 0 Å². The van der Waals surface area contributed by atoms with Crippen LogP contribution in [0.25, 0.3) is 0 Å². The van der Waals surface area contributed by atoms with Crippen molar-refractivity contribution in [2.75, 3.05) is 5.73 Å². The number of anilines is 1. The molecule has 0 atom stereocenters. The van der Waals surface area contributed by atoms with Crippen LogP contribution in [0.5, 0.6) is 10.9 Å². The van der Waals surface area contributed by atoms with Gasteiger partial charge in [-0.2, -0.15) is 0 Å². The molecule has 0 amide bonds. The lowest BCUT2D eigenvalue weighted by atomic mass is 10.3. The molecule has 0 saturated carbocycles. The summed E-state index contributed by atoms with van der Waals surface area (Å²) in [6.07, 6.45) is 1.51. The minimum atomic E-state index is -0.719. The summed E-state index contributed by atoms with van der Waals surface area (Å²) in [5.74, 6) is -1.66. The van der Waals surface area contributed by atoms with Gasteiger partial charge in [0.1, 0.15) is 5.82 Å². The van der Waals surface area contributed by atoms with Crippen LogP contribution in [0.15, 0.2) is 23.7 Å². The van der Waals surface area contributed by atoms with Gasteiger partial charge < -0.3 is 10.5 Å². The van der Waals surface area contributed by atoms with Crippen LogP contribution >= 0.6 is 11.3 Å². The molecule has 0 spiro atoms. The highest BCUT2D eigenvalue weighted by Crippen LogP contribution is 2.28. The number of hydrogen-bond donors (Lipinski definition) is 1. The van der Waals surface area contributed by atoms with Crippen molar-refractivity contribution >= 4 is 17.0 Å². The third-order valence-electron chi connectivity index (χ3n) is 1.66. The average Bonchev–Trinajstić information content (AvgIpc) is 2.67. The van der Waals surface area contributed by atoms with Crippen molar-refractivity contribution in [3.8, 4) is 10.9 Å². The molecule has 2 N–H and O–H groups in total. The maximum Gasteiger partial charge on any atom is 0.278 e. The van der Waals surface area contributed by atoms with E-state index in [1.807, 2.05) is 0 Å². The van der Waals surface area contributed by atoms with E-state index in [9.17, 15) is 8.78 Å². The lowest BCUT2D eigenvalue weighted by molar-refractivity contribution is 0.434. The highest BCUT2D eigenvalue weighted by atomic mass is 32.1. The Morgan fingerprint density at radius 2 is 2.07 bits per heavy atom. The van der Waals surface area contributed by atoms with Gasteiger partial charge >= 0.3 is 0 Å². The Hall–Kier alpha value is -1.69. The summed E-state index contributed by atoms with van der Waals surface area (Å²) in [6, 6.07) is 1.77. The third kappa shape index (κ3) is 2.04. The number of halogens is 2. The van der Waals surface area contributed by atoms with Crippen LogP contribution in [0.4, 0.5) is 14.5 Å². The molecule has 1 heterocycles. The predicted molar refractivity (Wildman–Crippen MR) is 53.0 cm³/mol. The fourth-order valence-corrected chi connectivity index (χ4v) is 1.47. The molecule has 0 radical (unpaired) electrons. The second-order valence-corrected chi connectivity index (χ2v) is 3.56. The molecule has 0 saturated heterocycles. The summed E-state index contributed by atoms with van der Waals surface area (Å²) in [7, 11) is 0. The van der Waals surface area contributed by atoms with Crippen molar-refractivity contribution in [1.29, 1.82) is 0 Å². The van der Waals surface area contributed by atoms with E-state index in [0.717, 1.165) is 12.1 Å². The molecular weight excluding hydrogens is 222 g/mol. The van der Waals surface area contributed by atoms with Crippen LogP contribution < -0.4 is 10.5 Å². The van der Waals surface area contributed by atoms with Crippen molar-refractivity contribution in [3.63, 3.8) is 0 Å². The summed E-state index contributed by atoms with van der Waals surface area (Å²) in [5, 5.41) is 1.92. The summed E-state index contributed by atoms with van der Waals surface area (Å²) in [5.41, 5.74) is 4.93. The number of nitrogens with two attached hydrogens (primary N) is 1. The van der Waals surface area contributed by atoms with E-state index in [1.165, 1.54) is 17.5 Å². The number of hydrogen-bond acceptors (Lipinski definition) is 4. The number of nitrogens with zero attached hydrogens (tertiary/aromatic N) is 1. The quantitative estimate of drug-likeness (QED) is 0.804. The van der Waals surface area contributed by atoms with Crippen LogP contribution in [-0.2, 0) is 0 Å². The SMILES string of the molecule is Nc1cc(F)c(Oc2nccs2)cc1F. The summed E-state index contributed by atoms with van der Waals surface area (Å²) >= 11 is 1.18. The number of nitrogen functional groups attached to an aromatic ring is 1. The number of benzene rings is 1. The maximum atomic E-state index is 13.2. The molecule has 0 aliphatic rings. The molecule has 1 aromatic heterocycles. The molecule has 15 heavy (non-hydrogen) atoms. The van der Waals surface area contributed by atoms with Gasteiger partial charge in [-0.15, -0.1) is 0 Å². The Morgan fingerprint density at radius 1 is 1.27 bits per heavy atom. The van der Waals surface area contributed by atoms with Crippen molar-refractivity contribution in [1.82, 2.24) is 4.98 Å². The van der Waals surface area contributed by atoms with Crippen molar-refractivity contribution in [2.24, 2.45) is 0 Å². The molecule has 3 nitrogen and oxygen atoms in total. The van der Waals surface area contributed by atoms with E-state index in [4.69, 9.17) is 10.5 Å². The molecule has 78 valence electrons. The first-order valence-electron chi connectivity index (χ1n) is 3.98. The first kappa shape index (κ1) is 9.85. The normalized spacial score (nSPS) is 10.3. The topological polar surface area (TPSA) is 48.1 Å². The largest absolute Gasteiger partial charge is 0.428 e. The number of thiazole rings is 1. The van der Waals surface area contributed by atoms with Crippen LogP contribution in [-0.4, -0.2) is 4.98 Å². The van der Waals surface area contributed by atoms with E-state index in [2.05, 4.69) is 4.98 Å². The van der Waals surface area contributed by atoms with E-state index >= 15 is 0 Å². The van der Waals surface area contributed by atoms with Crippen molar-refractivity contribution < 1.29 is 13.5 Å². The van der Waals surface area contributed by atoms with Gasteiger partial charge in [0.25, 0.3) is 5.19 Å². The van der Waals surface area contributed by atoms with Gasteiger partial charge in [0.05, 0.1) is 5.69 Å². The summed E-state index contributed by atoms with van der Waals surface area (Å²) in [6.45, 7) is 0. The van der Waals surface area contributed by atoms with Crippen molar-refractivity contribution in [3.05, 3.63) is 35.3 Å². The van der Waals surface area contributed by atoms with Crippen molar-refractivity contribution in [2.45, 2.75) is 0 Å². The highest BCUT2D eigenvalue weighted by molar-refractivity contribution is 7.11. The zero-order chi connectivity index (χ0) is 10.8. The molecule has 0 aliphatic carbocycles. The molecule has 0 aliphatic heterocycles. The Bertz CT molecular complexity index is 473. The van der Waals surface area contributed by atoms with E-state index in [1.54, 1.807) is 5.38 Å². The third-order valence-corrected chi connectivity index (χ3v) is 2.31. The number of ether oxygens (including phenoxy) is 1. The Kier molecular flexibility index (Phi) is 2.51. The minimum Gasteiger partial charge on any atom is -0.428 e. The zero-order valence-corrected chi connectivity index (χ0v) is 8.22. The van der Waals surface area contributed by atoms with Crippen LogP contribution in [0.2, 0.25) is 0 Å². The van der Waals surface area contributed by atoms with Crippen LogP contribution in [0.3, 0.4) is 0 Å². The highest BCUT2D eigenvalue weighted by Gasteiger charge is 2.10. The van der Waals surface area contributed by atoms with Gasteiger partial charge in [0.2, 0.25) is 0 Å². The smallest absolute Gasteiger partial charge is 0.278 e. The molecule has 0 fully saturated rings. The average molecular weight is 228 g/mol. The number of aromatic nitrogens is 1. The van der Waals surface area contributed by atoms with E-state index in [-0.39, 0.29) is 16.6 Å². The predicted octanol–water partition coefficient (Wildman–Crippen LogP) is 2.80. The van der Waals surface area contributed by atoms with Gasteiger partial charge in [0.15, 0.2) is 11.6 Å². The maximum absolute atomic E-state index is 13.2. The Balaban J connectivity index is 2.33. The van der Waals surface area contributed by atoms with Crippen LogP contribution in [0, 0.1) is 11.6 Å². The fraction of sp³-hybridized carbons (Fsp3) is 0. The Morgan fingerprint density at radius 3 is 2.73 bits per heavy atom. The minimum absolute atomic E-state index is 0.225. The molecule has 2 rings (SSSR count). The van der Waals surface area contributed by atoms with Gasteiger partial charge in [-0.25, -0.2) is 13.8 Å². The first-order chi connectivity index (χ1) is 7.16. The van der Waals surface area contributed by atoms with E-state index in [0.29, 0.717) is 0 Å². The summed E-state index contributed by atoms with van der Waals surface area (Å²) < 4.78 is 31.2. The molecule has 1 aromatic carbocycles. The van der Waals surface area contributed by atoms with Gasteiger partial charge in [-0.1, -0.05) is 11.3 Å². The second-order valence-electron chi connectivity index (χ2n) is 2.70. The fourth-order valence-electron chi connectivity index (χ4n) is 0.977. The standard InChI is InChI=1S/C9H6F2N2OS/c10-5-4-8(6(11)3-7(5)12)14-9-13-1-2-15-9/h1-4H,12H2. The van der Waals surface area contributed by atoms with Gasteiger partial charge in [-0.3, -0.25) is 0 Å². The lowest BCUT2D eigenvalue weighted by Crippen LogP contribution is -1.95. The zero-order valence-electron chi connectivity index (χ0n) is 7.41. The lowest BCUT2D eigenvalue weighted by Gasteiger charge is -2.04. The monoisotopic (exact) mass is 228 g/mol. The first-order valence-corrected chi connectivity index (χ1v) is 4.86. The molecular formula is C9H6F2N2OS. The molecule has 0 unspecified atom stereocenters.